The summed E-state index contributed by atoms with van der Waals surface area (Å²) >= 11 is 0. The van der Waals surface area contributed by atoms with Crippen LogP contribution in [0.15, 0.2) is 24.3 Å². The highest BCUT2D eigenvalue weighted by atomic mass is 16.5. The Morgan fingerprint density at radius 2 is 2.27 bits per heavy atom. The van der Waals surface area contributed by atoms with Crippen LogP contribution in [0.1, 0.15) is 20.3 Å². The van der Waals surface area contributed by atoms with Gasteiger partial charge in [-0.3, -0.25) is 0 Å². The average molecular weight is 208 g/mol. The van der Waals surface area contributed by atoms with E-state index in [0.717, 1.165) is 24.4 Å². The number of anilines is 1. The van der Waals surface area contributed by atoms with Gasteiger partial charge in [-0.05, 0) is 25.5 Å². The average Bonchev–Trinajstić information content (AvgIpc) is 2.24. The van der Waals surface area contributed by atoms with E-state index >= 15 is 0 Å². The summed E-state index contributed by atoms with van der Waals surface area (Å²) in [5.74, 6) is 0.834. The molecule has 84 valence electrons. The maximum Gasteiger partial charge on any atom is 0.121 e. The van der Waals surface area contributed by atoms with Crippen LogP contribution in [-0.2, 0) is 0 Å². The van der Waals surface area contributed by atoms with Gasteiger partial charge in [0.15, 0.2) is 0 Å². The molecule has 1 aromatic rings. The molecular weight excluding hydrogens is 188 g/mol. The third-order valence-electron chi connectivity index (χ3n) is 2.33. The molecule has 0 radical (unpaired) electrons. The zero-order valence-electron chi connectivity index (χ0n) is 9.49. The number of benzene rings is 1. The van der Waals surface area contributed by atoms with Crippen LogP contribution in [0, 0.1) is 0 Å². The summed E-state index contributed by atoms with van der Waals surface area (Å²) in [6.07, 6.45) is 1.14. The van der Waals surface area contributed by atoms with Gasteiger partial charge >= 0.3 is 0 Å². The highest BCUT2D eigenvalue weighted by molar-refractivity contribution is 5.43. The van der Waals surface area contributed by atoms with Gasteiger partial charge in [0.25, 0.3) is 0 Å². The lowest BCUT2D eigenvalue weighted by molar-refractivity contribution is 0.306. The largest absolute Gasteiger partial charge is 0.492 e. The van der Waals surface area contributed by atoms with Crippen LogP contribution in [0.5, 0.6) is 5.75 Å². The van der Waals surface area contributed by atoms with Gasteiger partial charge in [0, 0.05) is 24.3 Å². The van der Waals surface area contributed by atoms with E-state index in [2.05, 4.69) is 19.2 Å². The van der Waals surface area contributed by atoms with Crippen LogP contribution < -0.4 is 15.8 Å². The molecule has 0 fully saturated rings. The molecule has 1 aromatic carbocycles. The van der Waals surface area contributed by atoms with Crippen LogP contribution in [0.25, 0.3) is 0 Å². The zero-order valence-corrected chi connectivity index (χ0v) is 9.49. The van der Waals surface area contributed by atoms with Crippen molar-refractivity contribution in [3.05, 3.63) is 24.3 Å². The first-order valence-corrected chi connectivity index (χ1v) is 5.44. The van der Waals surface area contributed by atoms with Crippen molar-refractivity contribution in [3.63, 3.8) is 0 Å². The Morgan fingerprint density at radius 3 is 2.93 bits per heavy atom. The maximum absolute atomic E-state index is 5.64. The lowest BCUT2D eigenvalue weighted by Crippen LogP contribution is -2.29. The fourth-order valence-electron chi connectivity index (χ4n) is 1.22. The molecule has 1 atom stereocenters. The molecule has 0 aliphatic carbocycles. The van der Waals surface area contributed by atoms with Crippen LogP contribution in [0.3, 0.4) is 0 Å². The number of nitrogens with one attached hydrogen (secondary N) is 1. The molecule has 3 nitrogen and oxygen atoms in total. The number of hydrogen-bond acceptors (Lipinski definition) is 3. The highest BCUT2D eigenvalue weighted by Gasteiger charge is 1.97. The minimum absolute atomic E-state index is 0.550. The Labute approximate surface area is 91.6 Å². The lowest BCUT2D eigenvalue weighted by atomic mass is 10.3. The maximum atomic E-state index is 5.64. The van der Waals surface area contributed by atoms with Crippen molar-refractivity contribution in [2.24, 2.45) is 0 Å². The molecule has 0 bridgehead atoms. The zero-order chi connectivity index (χ0) is 11.1. The second kappa shape index (κ2) is 6.30. The smallest absolute Gasteiger partial charge is 0.121 e. The van der Waals surface area contributed by atoms with E-state index in [4.69, 9.17) is 10.5 Å². The van der Waals surface area contributed by atoms with Crippen LogP contribution in [0.4, 0.5) is 5.69 Å². The highest BCUT2D eigenvalue weighted by Crippen LogP contribution is 2.13. The molecular formula is C12H20N2O. The molecule has 0 heterocycles. The Hall–Kier alpha value is -1.22. The topological polar surface area (TPSA) is 47.3 Å². The number of hydrogen-bond donors (Lipinski definition) is 2. The minimum atomic E-state index is 0.550. The summed E-state index contributed by atoms with van der Waals surface area (Å²) in [4.78, 5) is 0. The quantitative estimate of drug-likeness (QED) is 0.555. The van der Waals surface area contributed by atoms with Crippen molar-refractivity contribution in [2.45, 2.75) is 26.3 Å². The fraction of sp³-hybridized carbons (Fsp3) is 0.500. The third-order valence-corrected chi connectivity index (χ3v) is 2.33. The molecule has 1 unspecified atom stereocenters. The Bertz CT molecular complexity index is 289. The molecule has 0 amide bonds. The van der Waals surface area contributed by atoms with E-state index in [1.165, 1.54) is 0 Å². The molecule has 15 heavy (non-hydrogen) atoms. The molecule has 0 aliphatic rings. The summed E-state index contributed by atoms with van der Waals surface area (Å²) < 4.78 is 5.54. The van der Waals surface area contributed by atoms with Crippen molar-refractivity contribution in [3.8, 4) is 5.75 Å². The van der Waals surface area contributed by atoms with Crippen molar-refractivity contribution >= 4 is 5.69 Å². The summed E-state index contributed by atoms with van der Waals surface area (Å²) in [7, 11) is 0. The van der Waals surface area contributed by atoms with E-state index < -0.39 is 0 Å². The van der Waals surface area contributed by atoms with E-state index in [1.54, 1.807) is 0 Å². The first-order valence-electron chi connectivity index (χ1n) is 5.44. The predicted octanol–water partition coefficient (Wildman–Crippen LogP) is 2.04. The van der Waals surface area contributed by atoms with Crippen LogP contribution in [-0.4, -0.2) is 19.2 Å². The van der Waals surface area contributed by atoms with Crippen LogP contribution in [0.2, 0.25) is 0 Å². The van der Waals surface area contributed by atoms with E-state index in [9.17, 15) is 0 Å². The van der Waals surface area contributed by atoms with E-state index in [-0.39, 0.29) is 0 Å². The Balaban J connectivity index is 2.20. The predicted molar refractivity (Wildman–Crippen MR) is 64.1 cm³/mol. The second-order valence-corrected chi connectivity index (χ2v) is 3.68. The molecule has 0 saturated heterocycles. The van der Waals surface area contributed by atoms with Crippen molar-refractivity contribution in [1.29, 1.82) is 0 Å². The van der Waals surface area contributed by atoms with Gasteiger partial charge < -0.3 is 15.8 Å². The molecule has 3 N–H and O–H groups in total. The lowest BCUT2D eigenvalue weighted by Gasteiger charge is -2.12. The van der Waals surface area contributed by atoms with Crippen LogP contribution >= 0.6 is 0 Å². The fourth-order valence-corrected chi connectivity index (χ4v) is 1.22. The van der Waals surface area contributed by atoms with Gasteiger partial charge in [-0.1, -0.05) is 13.0 Å². The minimum Gasteiger partial charge on any atom is -0.492 e. The first kappa shape index (κ1) is 11.9. The Morgan fingerprint density at radius 1 is 1.47 bits per heavy atom. The van der Waals surface area contributed by atoms with Crippen molar-refractivity contribution in [2.75, 3.05) is 18.9 Å². The summed E-state index contributed by atoms with van der Waals surface area (Å²) in [6, 6.07) is 8.05. The molecule has 0 aliphatic heterocycles. The monoisotopic (exact) mass is 208 g/mol. The third kappa shape index (κ3) is 4.70. The first-order chi connectivity index (χ1) is 7.22. The second-order valence-electron chi connectivity index (χ2n) is 3.68. The van der Waals surface area contributed by atoms with Crippen molar-refractivity contribution < 1.29 is 4.74 Å². The standard InChI is InChI=1S/C12H20N2O/c1-3-10(2)14-7-8-15-12-6-4-5-11(13)9-12/h4-6,9-10,14H,3,7-8,13H2,1-2H3. The van der Waals surface area contributed by atoms with Crippen molar-refractivity contribution in [1.82, 2.24) is 5.32 Å². The van der Waals surface area contributed by atoms with E-state index in [0.29, 0.717) is 12.6 Å². The van der Waals surface area contributed by atoms with E-state index in [1.807, 2.05) is 24.3 Å². The van der Waals surface area contributed by atoms with Gasteiger partial charge in [0.05, 0.1) is 0 Å². The number of rotatable bonds is 6. The van der Waals surface area contributed by atoms with Gasteiger partial charge in [0.2, 0.25) is 0 Å². The molecule has 0 aromatic heterocycles. The number of nitrogens with two attached hydrogens (primary N) is 1. The molecule has 3 heteroatoms. The molecule has 0 spiro atoms. The van der Waals surface area contributed by atoms with Gasteiger partial charge in [-0.2, -0.15) is 0 Å². The summed E-state index contributed by atoms with van der Waals surface area (Å²) in [5.41, 5.74) is 6.38. The Kier molecular flexibility index (Phi) is 4.98. The number of nitrogen functional groups attached to an aromatic ring is 1. The normalized spacial score (nSPS) is 12.4. The summed E-state index contributed by atoms with van der Waals surface area (Å²) in [5, 5.41) is 3.36. The molecule has 1 rings (SSSR count). The SMILES string of the molecule is CCC(C)NCCOc1cccc(N)c1. The van der Waals surface area contributed by atoms with Gasteiger partial charge in [0.1, 0.15) is 12.4 Å². The summed E-state index contributed by atoms with van der Waals surface area (Å²) in [6.45, 7) is 5.87. The van der Waals surface area contributed by atoms with Gasteiger partial charge in [-0.25, -0.2) is 0 Å². The molecule has 0 saturated carbocycles. The van der Waals surface area contributed by atoms with Gasteiger partial charge in [-0.15, -0.1) is 0 Å². The number of ether oxygens (including phenoxy) is 1.